The van der Waals surface area contributed by atoms with E-state index in [0.717, 1.165) is 12.1 Å². The predicted molar refractivity (Wildman–Crippen MR) is 61.7 cm³/mol. The third-order valence-electron chi connectivity index (χ3n) is 3.56. The van der Waals surface area contributed by atoms with Gasteiger partial charge in [-0.25, -0.2) is 0 Å². The molecule has 0 atom stereocenters. The molecule has 1 aliphatic rings. The quantitative estimate of drug-likeness (QED) is 0.623. The lowest BCUT2D eigenvalue weighted by molar-refractivity contribution is 0.520. The fraction of sp³-hybridized carbons (Fsp3) is 0.538. The van der Waals surface area contributed by atoms with Crippen molar-refractivity contribution >= 4 is 5.69 Å². The molecular weight excluding hydrogens is 170 g/mol. The number of benzene rings is 1. The third-order valence-corrected chi connectivity index (χ3v) is 3.56. The van der Waals surface area contributed by atoms with Crippen molar-refractivity contribution < 1.29 is 0 Å². The Morgan fingerprint density at radius 2 is 1.86 bits per heavy atom. The van der Waals surface area contributed by atoms with E-state index in [1.807, 2.05) is 0 Å². The van der Waals surface area contributed by atoms with Gasteiger partial charge >= 0.3 is 0 Å². The van der Waals surface area contributed by atoms with Gasteiger partial charge in [0.05, 0.1) is 0 Å². The fourth-order valence-electron chi connectivity index (χ4n) is 2.85. The van der Waals surface area contributed by atoms with Crippen molar-refractivity contribution in [1.29, 1.82) is 0 Å². The van der Waals surface area contributed by atoms with Crippen LogP contribution in [0, 0.1) is 13.8 Å². The number of anilines is 1. The van der Waals surface area contributed by atoms with E-state index >= 15 is 0 Å². The van der Waals surface area contributed by atoms with E-state index in [0.29, 0.717) is 5.41 Å². The molecule has 0 aromatic heterocycles. The zero-order valence-corrected chi connectivity index (χ0v) is 9.57. The molecule has 0 radical (unpaired) electrons. The summed E-state index contributed by atoms with van der Waals surface area (Å²) in [4.78, 5) is 0. The van der Waals surface area contributed by atoms with E-state index < -0.39 is 0 Å². The lowest BCUT2D eigenvalue weighted by Gasteiger charge is -2.22. The van der Waals surface area contributed by atoms with Crippen LogP contribution in [-0.2, 0) is 11.8 Å². The van der Waals surface area contributed by atoms with E-state index in [4.69, 9.17) is 5.73 Å². The van der Waals surface area contributed by atoms with Crippen molar-refractivity contribution in [2.75, 3.05) is 5.73 Å². The number of aryl methyl sites for hydroxylation is 2. The van der Waals surface area contributed by atoms with E-state index in [-0.39, 0.29) is 0 Å². The van der Waals surface area contributed by atoms with Gasteiger partial charge in [0.25, 0.3) is 0 Å². The lowest BCUT2D eigenvalue weighted by Crippen LogP contribution is -2.14. The zero-order valence-electron chi connectivity index (χ0n) is 9.57. The van der Waals surface area contributed by atoms with Crippen molar-refractivity contribution in [3.8, 4) is 0 Å². The van der Waals surface area contributed by atoms with Crippen LogP contribution in [0.2, 0.25) is 0 Å². The molecule has 0 unspecified atom stereocenters. The molecule has 0 bridgehead atoms. The molecule has 0 heterocycles. The molecule has 1 nitrogen and oxygen atoms in total. The van der Waals surface area contributed by atoms with Gasteiger partial charge in [-0.05, 0) is 54.4 Å². The van der Waals surface area contributed by atoms with Crippen LogP contribution in [0.4, 0.5) is 5.69 Å². The molecule has 1 heteroatoms. The molecule has 2 N–H and O–H groups in total. The van der Waals surface area contributed by atoms with Gasteiger partial charge in [0.2, 0.25) is 0 Å². The molecule has 1 aromatic rings. The van der Waals surface area contributed by atoms with Gasteiger partial charge < -0.3 is 5.73 Å². The summed E-state index contributed by atoms with van der Waals surface area (Å²) in [5.74, 6) is 0. The van der Waals surface area contributed by atoms with Crippen LogP contribution >= 0.6 is 0 Å². The molecule has 0 saturated carbocycles. The first-order chi connectivity index (χ1) is 6.43. The van der Waals surface area contributed by atoms with Crippen LogP contribution in [-0.4, -0.2) is 0 Å². The van der Waals surface area contributed by atoms with Crippen molar-refractivity contribution in [3.05, 3.63) is 28.3 Å². The first-order valence-corrected chi connectivity index (χ1v) is 5.32. The Bertz CT molecular complexity index is 389. The topological polar surface area (TPSA) is 26.0 Å². The monoisotopic (exact) mass is 189 g/mol. The van der Waals surface area contributed by atoms with Crippen LogP contribution in [0.5, 0.6) is 0 Å². The van der Waals surface area contributed by atoms with Crippen LogP contribution in [0.25, 0.3) is 0 Å². The molecule has 1 aromatic carbocycles. The largest absolute Gasteiger partial charge is 0.398 e. The summed E-state index contributed by atoms with van der Waals surface area (Å²) in [5.41, 5.74) is 13.0. The summed E-state index contributed by atoms with van der Waals surface area (Å²) >= 11 is 0. The van der Waals surface area contributed by atoms with Crippen LogP contribution in [0.15, 0.2) is 6.07 Å². The first kappa shape index (κ1) is 9.57. The van der Waals surface area contributed by atoms with Gasteiger partial charge in [0.1, 0.15) is 0 Å². The maximum Gasteiger partial charge on any atom is 0.0379 e. The van der Waals surface area contributed by atoms with Gasteiger partial charge in [-0.15, -0.1) is 0 Å². The SMILES string of the molecule is Cc1cc(C)c2c(c1N)CCC2(C)C. The molecule has 0 spiro atoms. The molecule has 0 amide bonds. The van der Waals surface area contributed by atoms with Crippen LogP contribution < -0.4 is 5.73 Å². The Hall–Kier alpha value is -0.980. The molecule has 2 rings (SSSR count). The van der Waals surface area contributed by atoms with Crippen LogP contribution in [0.3, 0.4) is 0 Å². The third kappa shape index (κ3) is 1.15. The minimum Gasteiger partial charge on any atom is -0.398 e. The summed E-state index contributed by atoms with van der Waals surface area (Å²) in [7, 11) is 0. The molecule has 0 fully saturated rings. The maximum atomic E-state index is 6.12. The second-order valence-electron chi connectivity index (χ2n) is 5.16. The van der Waals surface area contributed by atoms with Crippen molar-refractivity contribution in [1.82, 2.24) is 0 Å². The summed E-state index contributed by atoms with van der Waals surface area (Å²) in [6, 6.07) is 2.22. The molecular formula is C13H19N. The average molecular weight is 189 g/mol. The standard InChI is InChI=1S/C13H19N/c1-8-7-9(2)12(14)10-5-6-13(3,4)11(8)10/h7H,5-6,14H2,1-4H3. The molecule has 1 aliphatic carbocycles. The number of rotatable bonds is 0. The van der Waals surface area contributed by atoms with Gasteiger partial charge in [0, 0.05) is 5.69 Å². The number of nitrogen functional groups attached to an aromatic ring is 1. The van der Waals surface area contributed by atoms with Crippen molar-refractivity contribution in [2.45, 2.75) is 46.0 Å². The van der Waals surface area contributed by atoms with E-state index in [1.165, 1.54) is 28.7 Å². The molecule has 0 aliphatic heterocycles. The maximum absolute atomic E-state index is 6.12. The summed E-state index contributed by atoms with van der Waals surface area (Å²) in [6.07, 6.45) is 2.38. The Kier molecular flexibility index (Phi) is 1.88. The van der Waals surface area contributed by atoms with Gasteiger partial charge in [-0.3, -0.25) is 0 Å². The average Bonchev–Trinajstić information content (AvgIpc) is 2.38. The normalized spacial score (nSPS) is 18.3. The van der Waals surface area contributed by atoms with E-state index in [1.54, 1.807) is 0 Å². The fourth-order valence-corrected chi connectivity index (χ4v) is 2.85. The highest BCUT2D eigenvalue weighted by atomic mass is 14.6. The Balaban J connectivity index is 2.74. The second-order valence-corrected chi connectivity index (χ2v) is 5.16. The highest BCUT2D eigenvalue weighted by Gasteiger charge is 2.32. The minimum absolute atomic E-state index is 0.321. The Morgan fingerprint density at radius 1 is 1.21 bits per heavy atom. The van der Waals surface area contributed by atoms with E-state index in [2.05, 4.69) is 33.8 Å². The highest BCUT2D eigenvalue weighted by Crippen LogP contribution is 2.43. The summed E-state index contributed by atoms with van der Waals surface area (Å²) in [5, 5.41) is 0. The second kappa shape index (κ2) is 2.75. The number of fused-ring (bicyclic) bond motifs is 1. The smallest absolute Gasteiger partial charge is 0.0379 e. The number of hydrogen-bond donors (Lipinski definition) is 1. The van der Waals surface area contributed by atoms with Gasteiger partial charge in [-0.1, -0.05) is 19.9 Å². The highest BCUT2D eigenvalue weighted by molar-refractivity contribution is 5.62. The van der Waals surface area contributed by atoms with Crippen LogP contribution in [0.1, 0.15) is 42.5 Å². The van der Waals surface area contributed by atoms with E-state index in [9.17, 15) is 0 Å². The Morgan fingerprint density at radius 3 is 2.50 bits per heavy atom. The van der Waals surface area contributed by atoms with Gasteiger partial charge in [-0.2, -0.15) is 0 Å². The summed E-state index contributed by atoms with van der Waals surface area (Å²) < 4.78 is 0. The summed E-state index contributed by atoms with van der Waals surface area (Å²) in [6.45, 7) is 8.95. The van der Waals surface area contributed by atoms with Crippen molar-refractivity contribution in [3.63, 3.8) is 0 Å². The molecule has 14 heavy (non-hydrogen) atoms. The minimum atomic E-state index is 0.321. The van der Waals surface area contributed by atoms with Crippen molar-refractivity contribution in [2.24, 2.45) is 0 Å². The zero-order chi connectivity index (χ0) is 10.5. The molecule has 76 valence electrons. The lowest BCUT2D eigenvalue weighted by atomic mass is 9.83. The Labute approximate surface area is 86.3 Å². The molecule has 0 saturated heterocycles. The van der Waals surface area contributed by atoms with Gasteiger partial charge in [0.15, 0.2) is 0 Å². The number of nitrogens with two attached hydrogens (primary N) is 1. The number of hydrogen-bond acceptors (Lipinski definition) is 1. The first-order valence-electron chi connectivity index (χ1n) is 5.32. The predicted octanol–water partition coefficient (Wildman–Crippen LogP) is 3.11.